The summed E-state index contributed by atoms with van der Waals surface area (Å²) in [5.74, 6) is 0. The highest BCUT2D eigenvalue weighted by atomic mass is 32.1. The van der Waals surface area contributed by atoms with Gasteiger partial charge in [0.05, 0.1) is 6.04 Å². The van der Waals surface area contributed by atoms with Gasteiger partial charge in [-0.15, -0.1) is 0 Å². The van der Waals surface area contributed by atoms with Crippen molar-refractivity contribution in [3.63, 3.8) is 0 Å². The molecule has 0 radical (unpaired) electrons. The monoisotopic (exact) mass is 356 g/mol. The van der Waals surface area contributed by atoms with Crippen LogP contribution in [0.15, 0.2) is 84.9 Å². The Morgan fingerprint density at radius 1 is 0.731 bits per heavy atom. The van der Waals surface area contributed by atoms with E-state index in [1.54, 1.807) is 0 Å². The molecular weight excluding hydrogens is 336 g/mol. The number of hydrogen-bond acceptors (Lipinski definition) is 1. The van der Waals surface area contributed by atoms with Gasteiger partial charge >= 0.3 is 0 Å². The first-order valence-corrected chi connectivity index (χ1v) is 9.16. The zero-order valence-electron chi connectivity index (χ0n) is 14.6. The predicted molar refractivity (Wildman–Crippen MR) is 116 cm³/mol. The predicted octanol–water partition coefficient (Wildman–Crippen LogP) is 6.04. The lowest BCUT2D eigenvalue weighted by Gasteiger charge is -2.19. The van der Waals surface area contributed by atoms with Crippen molar-refractivity contribution in [2.45, 2.75) is 13.0 Å². The Labute approximate surface area is 158 Å². The zero-order chi connectivity index (χ0) is 17.9. The van der Waals surface area contributed by atoms with Crippen LogP contribution in [0.25, 0.3) is 21.5 Å². The van der Waals surface area contributed by atoms with E-state index in [4.69, 9.17) is 12.2 Å². The van der Waals surface area contributed by atoms with Gasteiger partial charge < -0.3 is 10.6 Å². The smallest absolute Gasteiger partial charge is 0.171 e. The Balaban J connectivity index is 1.56. The quantitative estimate of drug-likeness (QED) is 0.438. The van der Waals surface area contributed by atoms with E-state index in [9.17, 15) is 0 Å². The third kappa shape index (κ3) is 3.26. The van der Waals surface area contributed by atoms with Crippen molar-refractivity contribution >= 4 is 44.6 Å². The van der Waals surface area contributed by atoms with Crippen molar-refractivity contribution in [3.8, 4) is 0 Å². The van der Waals surface area contributed by atoms with Crippen LogP contribution < -0.4 is 10.6 Å². The lowest BCUT2D eigenvalue weighted by Crippen LogP contribution is -2.31. The van der Waals surface area contributed by atoms with Crippen LogP contribution in [0, 0.1) is 0 Å². The minimum Gasteiger partial charge on any atom is -0.356 e. The molecule has 0 fully saturated rings. The number of rotatable bonds is 3. The van der Waals surface area contributed by atoms with E-state index in [-0.39, 0.29) is 6.04 Å². The third-order valence-electron chi connectivity index (χ3n) is 4.68. The summed E-state index contributed by atoms with van der Waals surface area (Å²) >= 11 is 5.58. The zero-order valence-corrected chi connectivity index (χ0v) is 15.4. The van der Waals surface area contributed by atoms with Gasteiger partial charge in [-0.25, -0.2) is 0 Å². The molecule has 0 bridgehead atoms. The summed E-state index contributed by atoms with van der Waals surface area (Å²) in [6.45, 7) is 2.14. The van der Waals surface area contributed by atoms with Gasteiger partial charge in [0.2, 0.25) is 0 Å². The van der Waals surface area contributed by atoms with E-state index in [1.807, 2.05) is 18.2 Å². The average Bonchev–Trinajstić information content (AvgIpc) is 2.67. The van der Waals surface area contributed by atoms with Crippen molar-refractivity contribution in [1.82, 2.24) is 5.32 Å². The van der Waals surface area contributed by atoms with Crippen molar-refractivity contribution in [2.75, 3.05) is 5.32 Å². The summed E-state index contributed by atoms with van der Waals surface area (Å²) in [6.07, 6.45) is 0. The highest BCUT2D eigenvalue weighted by Crippen LogP contribution is 2.25. The molecule has 3 heteroatoms. The van der Waals surface area contributed by atoms with Crippen LogP contribution in [0.1, 0.15) is 18.5 Å². The van der Waals surface area contributed by atoms with E-state index in [0.717, 1.165) is 11.1 Å². The van der Waals surface area contributed by atoms with E-state index < -0.39 is 0 Å². The standard InChI is InChI=1S/C23H20N2S/c1-16(19-14-6-10-17-8-2-4-12-20(17)19)24-23(26)25-22-15-7-11-18-9-3-5-13-21(18)22/h2-16H,1H3,(H2,24,25,26)/t16-/m1/s1. The number of benzene rings is 4. The first kappa shape index (κ1) is 16.6. The van der Waals surface area contributed by atoms with Crippen LogP contribution >= 0.6 is 12.2 Å². The molecule has 0 heterocycles. The van der Waals surface area contributed by atoms with Gasteiger partial charge in [-0.2, -0.15) is 0 Å². The molecule has 0 unspecified atom stereocenters. The number of fused-ring (bicyclic) bond motifs is 2. The highest BCUT2D eigenvalue weighted by molar-refractivity contribution is 7.80. The van der Waals surface area contributed by atoms with Crippen molar-refractivity contribution in [3.05, 3.63) is 90.5 Å². The Morgan fingerprint density at radius 2 is 1.31 bits per heavy atom. The molecule has 0 aliphatic rings. The fraction of sp³-hybridized carbons (Fsp3) is 0.0870. The van der Waals surface area contributed by atoms with Gasteiger partial charge in [-0.05, 0) is 46.9 Å². The van der Waals surface area contributed by atoms with Crippen molar-refractivity contribution in [1.29, 1.82) is 0 Å². The summed E-state index contributed by atoms with van der Waals surface area (Å²) in [5, 5.41) is 12.3. The molecule has 0 aromatic heterocycles. The molecule has 0 saturated carbocycles. The Bertz CT molecular complexity index is 1080. The van der Waals surface area contributed by atoms with E-state index in [1.165, 1.54) is 21.7 Å². The number of thiocarbonyl (C=S) groups is 1. The lowest BCUT2D eigenvalue weighted by molar-refractivity contribution is 0.729. The number of anilines is 1. The van der Waals surface area contributed by atoms with E-state index >= 15 is 0 Å². The highest BCUT2D eigenvalue weighted by Gasteiger charge is 2.11. The van der Waals surface area contributed by atoms with Crippen molar-refractivity contribution in [2.24, 2.45) is 0 Å². The second-order valence-electron chi connectivity index (χ2n) is 6.42. The van der Waals surface area contributed by atoms with Gasteiger partial charge in [0, 0.05) is 11.1 Å². The van der Waals surface area contributed by atoms with Crippen LogP contribution in [0.2, 0.25) is 0 Å². The Kier molecular flexibility index (Phi) is 4.55. The average molecular weight is 356 g/mol. The molecule has 0 spiro atoms. The topological polar surface area (TPSA) is 24.1 Å². The molecule has 4 aromatic carbocycles. The van der Waals surface area contributed by atoms with Gasteiger partial charge in [-0.3, -0.25) is 0 Å². The maximum Gasteiger partial charge on any atom is 0.171 e. The molecule has 128 valence electrons. The molecule has 0 saturated heterocycles. The third-order valence-corrected chi connectivity index (χ3v) is 4.90. The van der Waals surface area contributed by atoms with Crippen LogP contribution in [0.3, 0.4) is 0 Å². The SMILES string of the molecule is C[C@@H](NC(=S)Nc1cccc2ccccc12)c1cccc2ccccc12. The van der Waals surface area contributed by atoms with Crippen LogP contribution in [0.5, 0.6) is 0 Å². The van der Waals surface area contributed by atoms with E-state index in [2.05, 4.69) is 84.3 Å². The molecule has 26 heavy (non-hydrogen) atoms. The number of nitrogens with one attached hydrogen (secondary N) is 2. The minimum absolute atomic E-state index is 0.107. The molecule has 0 amide bonds. The van der Waals surface area contributed by atoms with Crippen LogP contribution in [-0.2, 0) is 0 Å². The fourth-order valence-electron chi connectivity index (χ4n) is 3.40. The number of hydrogen-bond donors (Lipinski definition) is 2. The fourth-order valence-corrected chi connectivity index (χ4v) is 3.68. The summed E-state index contributed by atoms with van der Waals surface area (Å²) < 4.78 is 0. The molecule has 4 rings (SSSR count). The second-order valence-corrected chi connectivity index (χ2v) is 6.82. The summed E-state index contributed by atoms with van der Waals surface area (Å²) in [6, 6.07) is 29.4. The Hall–Kier alpha value is -2.91. The van der Waals surface area contributed by atoms with Gasteiger partial charge in [-0.1, -0.05) is 78.9 Å². The van der Waals surface area contributed by atoms with Crippen LogP contribution in [-0.4, -0.2) is 5.11 Å². The molecule has 4 aromatic rings. The van der Waals surface area contributed by atoms with Crippen LogP contribution in [0.4, 0.5) is 5.69 Å². The molecule has 2 nitrogen and oxygen atoms in total. The summed E-state index contributed by atoms with van der Waals surface area (Å²) in [7, 11) is 0. The normalized spacial score (nSPS) is 12.0. The second kappa shape index (κ2) is 7.14. The molecular formula is C23H20N2S. The first-order valence-electron chi connectivity index (χ1n) is 8.75. The molecule has 0 aliphatic carbocycles. The maximum absolute atomic E-state index is 5.58. The summed E-state index contributed by atoms with van der Waals surface area (Å²) in [4.78, 5) is 0. The Morgan fingerprint density at radius 3 is 2.08 bits per heavy atom. The molecule has 1 atom stereocenters. The summed E-state index contributed by atoms with van der Waals surface area (Å²) in [5.41, 5.74) is 2.26. The minimum atomic E-state index is 0.107. The van der Waals surface area contributed by atoms with Gasteiger partial charge in [0.25, 0.3) is 0 Å². The lowest BCUT2D eigenvalue weighted by atomic mass is 10.00. The van der Waals surface area contributed by atoms with Gasteiger partial charge in [0.15, 0.2) is 5.11 Å². The molecule has 0 aliphatic heterocycles. The first-order chi connectivity index (χ1) is 12.7. The molecule has 2 N–H and O–H groups in total. The van der Waals surface area contributed by atoms with E-state index in [0.29, 0.717) is 5.11 Å². The maximum atomic E-state index is 5.58. The van der Waals surface area contributed by atoms with Crippen molar-refractivity contribution < 1.29 is 0 Å². The van der Waals surface area contributed by atoms with Gasteiger partial charge in [0.1, 0.15) is 0 Å². The largest absolute Gasteiger partial charge is 0.356 e.